The van der Waals surface area contributed by atoms with Crippen molar-refractivity contribution in [3.8, 4) is 5.88 Å². The lowest BCUT2D eigenvalue weighted by atomic mass is 10.1. The quantitative estimate of drug-likeness (QED) is 0.395. The molecule has 14 heteroatoms. The number of nitrogens with two attached hydrogens (primary N) is 1. The van der Waals surface area contributed by atoms with Gasteiger partial charge in [-0.3, -0.25) is 19.1 Å². The van der Waals surface area contributed by atoms with E-state index in [1.807, 2.05) is 19.1 Å². The van der Waals surface area contributed by atoms with Crippen molar-refractivity contribution in [3.63, 3.8) is 0 Å². The minimum absolute atomic E-state index is 0.0139. The molecule has 46 heavy (non-hydrogen) atoms. The molecule has 4 N–H and O–H groups in total. The molecule has 2 saturated carbocycles. The van der Waals surface area contributed by atoms with Crippen LogP contribution in [0.25, 0.3) is 11.0 Å². The molecule has 2 aliphatic heterocycles. The van der Waals surface area contributed by atoms with E-state index in [-0.39, 0.29) is 30.8 Å². The standard InChI is InChI=1S/C32H41FN6O6S/c1-3-23-28(36-26-21(33)11-9-13-24(26)35-23)45-20-16-25-27(40)37-32(30(42)38-46(43,44)31(2)14-15-31)17-19(32)10-7-5-4-6-8-12-22(34)29(41)39(25)18-20/h7,9-11,13,19-20,22,25H,3-6,8,12,14-18,34H2,1-2H3,(H,37,40)(H,38,42)/t19-,20-,22+,25+,32-/m1/s1. The second-order valence-corrected chi connectivity index (χ2v) is 15.4. The number of nitrogens with one attached hydrogen (secondary N) is 2. The van der Waals surface area contributed by atoms with Crippen molar-refractivity contribution in [3.05, 3.63) is 41.9 Å². The van der Waals surface area contributed by atoms with Gasteiger partial charge in [-0.15, -0.1) is 0 Å². The molecule has 2 aromatic rings. The molecule has 0 bridgehead atoms. The number of amides is 3. The van der Waals surface area contributed by atoms with Crippen LogP contribution in [0.1, 0.15) is 77.3 Å². The first-order valence-electron chi connectivity index (χ1n) is 16.1. The van der Waals surface area contributed by atoms with E-state index in [4.69, 9.17) is 10.5 Å². The summed E-state index contributed by atoms with van der Waals surface area (Å²) >= 11 is 0. The molecule has 3 fully saturated rings. The lowest BCUT2D eigenvalue weighted by Gasteiger charge is -2.28. The van der Waals surface area contributed by atoms with Gasteiger partial charge >= 0.3 is 0 Å². The molecule has 6 rings (SSSR count). The second kappa shape index (κ2) is 12.2. The summed E-state index contributed by atoms with van der Waals surface area (Å²) in [5.74, 6) is -2.64. The fraction of sp³-hybridized carbons (Fsp3) is 0.594. The van der Waals surface area contributed by atoms with Gasteiger partial charge in [0.15, 0.2) is 5.82 Å². The lowest BCUT2D eigenvalue weighted by Crippen LogP contribution is -2.58. The van der Waals surface area contributed by atoms with E-state index in [1.54, 1.807) is 19.1 Å². The second-order valence-electron chi connectivity index (χ2n) is 13.2. The molecule has 1 aromatic heterocycles. The Morgan fingerprint density at radius 2 is 2.00 bits per heavy atom. The van der Waals surface area contributed by atoms with E-state index in [2.05, 4.69) is 20.0 Å². The number of allylic oxidation sites excluding steroid dienone is 1. The maximum absolute atomic E-state index is 14.6. The number of para-hydroxylation sites is 1. The number of rotatable bonds is 6. The number of nitrogens with zero attached hydrogens (tertiary/aromatic N) is 3. The van der Waals surface area contributed by atoms with Crippen molar-refractivity contribution in [1.82, 2.24) is 24.9 Å². The number of ether oxygens (including phenoxy) is 1. The van der Waals surface area contributed by atoms with E-state index in [0.717, 1.165) is 25.7 Å². The fourth-order valence-electron chi connectivity index (χ4n) is 6.39. The van der Waals surface area contributed by atoms with Crippen LogP contribution < -0.4 is 20.5 Å². The average Bonchev–Trinajstić information content (AvgIpc) is 3.90. The van der Waals surface area contributed by atoms with Crippen molar-refractivity contribution < 1.29 is 31.9 Å². The minimum Gasteiger partial charge on any atom is -0.471 e. The average molecular weight is 657 g/mol. The summed E-state index contributed by atoms with van der Waals surface area (Å²) in [4.78, 5) is 51.6. The molecule has 5 atom stereocenters. The molecule has 0 radical (unpaired) electrons. The van der Waals surface area contributed by atoms with E-state index in [0.29, 0.717) is 36.9 Å². The van der Waals surface area contributed by atoms with Crippen molar-refractivity contribution in [2.45, 2.75) is 107 Å². The smallest absolute Gasteiger partial charge is 0.259 e. The van der Waals surface area contributed by atoms with Crippen LogP contribution in [0.2, 0.25) is 0 Å². The summed E-state index contributed by atoms with van der Waals surface area (Å²) < 4.78 is 48.0. The summed E-state index contributed by atoms with van der Waals surface area (Å²) in [6.07, 6.45) is 8.39. The first-order valence-corrected chi connectivity index (χ1v) is 17.6. The molecule has 1 aromatic carbocycles. The highest BCUT2D eigenvalue weighted by Crippen LogP contribution is 2.47. The monoisotopic (exact) mass is 656 g/mol. The van der Waals surface area contributed by atoms with Crippen molar-refractivity contribution >= 4 is 38.8 Å². The van der Waals surface area contributed by atoms with Gasteiger partial charge in [-0.1, -0.05) is 38.0 Å². The zero-order valence-electron chi connectivity index (χ0n) is 26.1. The first-order chi connectivity index (χ1) is 21.9. The van der Waals surface area contributed by atoms with Crippen LogP contribution in [-0.4, -0.2) is 76.0 Å². The molecule has 3 amide bonds. The topological polar surface area (TPSA) is 174 Å². The maximum Gasteiger partial charge on any atom is 0.259 e. The van der Waals surface area contributed by atoms with Crippen LogP contribution in [0.4, 0.5) is 4.39 Å². The Kier molecular flexibility index (Phi) is 8.55. The Hall–Kier alpha value is -3.65. The Morgan fingerprint density at radius 3 is 2.74 bits per heavy atom. The van der Waals surface area contributed by atoms with Gasteiger partial charge in [0.25, 0.3) is 5.91 Å². The minimum atomic E-state index is -3.95. The van der Waals surface area contributed by atoms with Gasteiger partial charge in [-0.2, -0.15) is 0 Å². The number of benzene rings is 1. The molecule has 2 aliphatic carbocycles. The maximum atomic E-state index is 14.6. The summed E-state index contributed by atoms with van der Waals surface area (Å²) in [6, 6.07) is 2.61. The van der Waals surface area contributed by atoms with Crippen LogP contribution in [0, 0.1) is 11.7 Å². The Morgan fingerprint density at radius 1 is 1.22 bits per heavy atom. The Balaban J connectivity index is 1.28. The molecule has 1 saturated heterocycles. The van der Waals surface area contributed by atoms with Crippen molar-refractivity contribution in [1.29, 1.82) is 0 Å². The van der Waals surface area contributed by atoms with Gasteiger partial charge in [0.05, 0.1) is 22.9 Å². The van der Waals surface area contributed by atoms with Gasteiger partial charge in [0.2, 0.25) is 27.7 Å². The number of carbonyl (C=O) groups excluding carboxylic acids is 3. The SMILES string of the molecule is CCc1nc2cccc(F)c2nc1O[C@@H]1C[C@H]2C(=O)N[C@]3(C(=O)NS(=O)(=O)C4(C)CC4)C[C@H]3C=CCCCCC[C@H](N)C(=O)N2C1. The van der Waals surface area contributed by atoms with Gasteiger partial charge < -0.3 is 20.7 Å². The van der Waals surface area contributed by atoms with E-state index >= 15 is 0 Å². The third-order valence-electron chi connectivity index (χ3n) is 9.81. The molecular formula is C32H41FN6O6S. The zero-order valence-corrected chi connectivity index (χ0v) is 26.9. The number of carbonyl (C=O) groups is 3. The fourth-order valence-corrected chi connectivity index (χ4v) is 7.70. The number of fused-ring (bicyclic) bond motifs is 3. The number of halogens is 1. The third kappa shape index (κ3) is 6.08. The summed E-state index contributed by atoms with van der Waals surface area (Å²) in [5, 5.41) is 2.84. The van der Waals surface area contributed by atoms with Gasteiger partial charge in [-0.05, 0) is 64.0 Å². The van der Waals surface area contributed by atoms with E-state index in [1.165, 1.54) is 11.0 Å². The largest absolute Gasteiger partial charge is 0.471 e. The van der Waals surface area contributed by atoms with Crippen molar-refractivity contribution in [2.75, 3.05) is 6.54 Å². The predicted octanol–water partition coefficient (Wildman–Crippen LogP) is 2.40. The van der Waals surface area contributed by atoms with E-state index in [9.17, 15) is 27.2 Å². The molecule has 248 valence electrons. The summed E-state index contributed by atoms with van der Waals surface area (Å²) in [5.41, 5.74) is 5.80. The van der Waals surface area contributed by atoms with Crippen LogP contribution in [0.5, 0.6) is 5.88 Å². The molecule has 4 aliphatic rings. The number of hydrogen-bond donors (Lipinski definition) is 3. The van der Waals surface area contributed by atoms with E-state index < -0.39 is 68.0 Å². The van der Waals surface area contributed by atoms with Crippen LogP contribution in [0.3, 0.4) is 0 Å². The van der Waals surface area contributed by atoms with Crippen LogP contribution in [0.15, 0.2) is 30.4 Å². The molecular weight excluding hydrogens is 615 g/mol. The highest BCUT2D eigenvalue weighted by atomic mass is 32.2. The van der Waals surface area contributed by atoms with Gasteiger partial charge in [0.1, 0.15) is 28.9 Å². The molecule has 0 spiro atoms. The third-order valence-corrected chi connectivity index (χ3v) is 12.0. The summed E-state index contributed by atoms with van der Waals surface area (Å²) in [7, 11) is -3.95. The number of aryl methyl sites for hydroxylation is 1. The Bertz CT molecular complexity index is 1700. The number of hydrogen-bond acceptors (Lipinski definition) is 9. The van der Waals surface area contributed by atoms with Crippen LogP contribution in [-0.2, 0) is 30.8 Å². The Labute approximate surface area is 267 Å². The highest BCUT2D eigenvalue weighted by molar-refractivity contribution is 7.91. The molecule has 12 nitrogen and oxygen atoms in total. The number of sulfonamides is 1. The first kappa shape index (κ1) is 32.3. The van der Waals surface area contributed by atoms with Crippen molar-refractivity contribution in [2.24, 2.45) is 11.7 Å². The molecule has 3 heterocycles. The molecule has 0 unspecified atom stereocenters. The van der Waals surface area contributed by atoms with Gasteiger partial charge in [0, 0.05) is 12.3 Å². The summed E-state index contributed by atoms with van der Waals surface area (Å²) in [6.45, 7) is 3.47. The number of aromatic nitrogens is 2. The normalized spacial score (nSPS) is 29.6. The highest BCUT2D eigenvalue weighted by Gasteiger charge is 2.63. The van der Waals surface area contributed by atoms with Gasteiger partial charge in [-0.25, -0.2) is 22.8 Å². The predicted molar refractivity (Wildman–Crippen MR) is 167 cm³/mol. The zero-order chi connectivity index (χ0) is 32.9. The van der Waals surface area contributed by atoms with Crippen LogP contribution >= 0.6 is 0 Å². The lowest BCUT2D eigenvalue weighted by molar-refractivity contribution is -0.140.